The Morgan fingerprint density at radius 2 is 1.28 bits per heavy atom. The largest absolute Gasteiger partial charge is 0.481 e. The van der Waals surface area contributed by atoms with Crippen molar-refractivity contribution in [2.45, 2.75) is 43.0 Å². The summed E-state index contributed by atoms with van der Waals surface area (Å²) in [5.74, 6) is -7.04. The summed E-state index contributed by atoms with van der Waals surface area (Å²) in [5, 5.41) is 33.2. The van der Waals surface area contributed by atoms with Gasteiger partial charge in [-0.1, -0.05) is 11.8 Å². The molecule has 0 radical (unpaired) electrons. The number of carbonyl (C=O) groups is 5. The highest BCUT2D eigenvalue weighted by Gasteiger charge is 2.39. The van der Waals surface area contributed by atoms with Crippen molar-refractivity contribution in [3.8, 4) is 0 Å². The first kappa shape index (κ1) is 22.8. The van der Waals surface area contributed by atoms with Crippen LogP contribution in [0.4, 0.5) is 0 Å². The standard InChI is InChI=1S/C13H20N2O9S/c14-6(2-4-8(18)19)13(24)25-10(9(15)12(22)23)5(11(20)21)1-3-7(16)17/h5-6,9-10H,1-4,14-15H2,(H,16,17)(H,18,19)(H,20,21)(H,22,23)/t5?,6-,9-,10?/m0/s1. The summed E-state index contributed by atoms with van der Waals surface area (Å²) in [6.45, 7) is 0. The van der Waals surface area contributed by atoms with Crippen LogP contribution in [0, 0.1) is 5.92 Å². The van der Waals surface area contributed by atoms with E-state index in [1.807, 2.05) is 0 Å². The normalized spacial score (nSPS) is 15.6. The van der Waals surface area contributed by atoms with Crippen molar-refractivity contribution >= 4 is 40.8 Å². The highest BCUT2D eigenvalue weighted by atomic mass is 32.2. The summed E-state index contributed by atoms with van der Waals surface area (Å²) < 4.78 is 0. The van der Waals surface area contributed by atoms with Crippen LogP contribution in [-0.2, 0) is 24.0 Å². The van der Waals surface area contributed by atoms with Crippen molar-refractivity contribution < 1.29 is 44.4 Å². The van der Waals surface area contributed by atoms with E-state index >= 15 is 0 Å². The average Bonchev–Trinajstić information content (AvgIpc) is 2.49. The first-order valence-corrected chi connectivity index (χ1v) is 7.96. The van der Waals surface area contributed by atoms with Gasteiger partial charge in [0.05, 0.1) is 17.2 Å². The Kier molecular flexibility index (Phi) is 9.71. The van der Waals surface area contributed by atoms with E-state index in [0.29, 0.717) is 11.8 Å². The molecule has 0 aliphatic rings. The van der Waals surface area contributed by atoms with Crippen LogP contribution in [0.3, 0.4) is 0 Å². The summed E-state index contributed by atoms with van der Waals surface area (Å²) in [5.41, 5.74) is 11.0. The number of carbonyl (C=O) groups excluding carboxylic acids is 1. The van der Waals surface area contributed by atoms with Gasteiger partial charge in [0.25, 0.3) is 0 Å². The van der Waals surface area contributed by atoms with Crippen LogP contribution in [0.1, 0.15) is 25.7 Å². The number of thioether (sulfide) groups is 1. The van der Waals surface area contributed by atoms with Gasteiger partial charge in [0.2, 0.25) is 5.12 Å². The number of carboxylic acids is 4. The Balaban J connectivity index is 5.28. The van der Waals surface area contributed by atoms with Crippen LogP contribution in [0.5, 0.6) is 0 Å². The Hall–Kier alpha value is -2.18. The number of rotatable bonds is 12. The molecular weight excluding hydrogens is 360 g/mol. The highest BCUT2D eigenvalue weighted by Crippen LogP contribution is 2.28. The van der Waals surface area contributed by atoms with Crippen LogP contribution < -0.4 is 11.5 Å². The van der Waals surface area contributed by atoms with E-state index in [4.69, 9.17) is 26.8 Å². The van der Waals surface area contributed by atoms with Crippen molar-refractivity contribution in [3.63, 3.8) is 0 Å². The molecule has 0 aliphatic carbocycles. The molecule has 0 aromatic carbocycles. The molecule has 0 fully saturated rings. The molecule has 0 aromatic rings. The minimum atomic E-state index is -1.75. The van der Waals surface area contributed by atoms with Crippen LogP contribution in [0.2, 0.25) is 0 Å². The summed E-state index contributed by atoms with van der Waals surface area (Å²) in [6, 6.07) is -3.01. The third-order valence-electron chi connectivity index (χ3n) is 3.25. The van der Waals surface area contributed by atoms with Gasteiger partial charge in [-0.2, -0.15) is 0 Å². The van der Waals surface area contributed by atoms with Crippen molar-refractivity contribution in [1.82, 2.24) is 0 Å². The number of hydrogen-bond acceptors (Lipinski definition) is 8. The van der Waals surface area contributed by atoms with Crippen molar-refractivity contribution in [2.75, 3.05) is 0 Å². The van der Waals surface area contributed by atoms with Gasteiger partial charge in [0.1, 0.15) is 6.04 Å². The number of carboxylic acid groups (broad SMARTS) is 4. The summed E-state index contributed by atoms with van der Waals surface area (Å²) in [7, 11) is 0. The predicted molar refractivity (Wildman–Crippen MR) is 84.8 cm³/mol. The Bertz CT molecular complexity index is 540. The second-order valence-corrected chi connectivity index (χ2v) is 6.36. The Morgan fingerprint density at radius 1 is 0.800 bits per heavy atom. The third kappa shape index (κ3) is 8.47. The van der Waals surface area contributed by atoms with E-state index in [2.05, 4.69) is 0 Å². The summed E-state index contributed by atoms with van der Waals surface area (Å²) in [4.78, 5) is 55.7. The summed E-state index contributed by atoms with van der Waals surface area (Å²) >= 11 is 0.293. The quantitative estimate of drug-likeness (QED) is 0.235. The molecule has 0 spiro atoms. The lowest BCUT2D eigenvalue weighted by Crippen LogP contribution is -2.48. The zero-order valence-corrected chi connectivity index (χ0v) is 13.8. The van der Waals surface area contributed by atoms with Gasteiger partial charge in [-0.3, -0.25) is 24.0 Å². The van der Waals surface area contributed by atoms with Crippen LogP contribution >= 0.6 is 11.8 Å². The van der Waals surface area contributed by atoms with Crippen LogP contribution in [0.25, 0.3) is 0 Å². The molecule has 0 heterocycles. The summed E-state index contributed by atoms with van der Waals surface area (Å²) in [6.07, 6.45) is -1.60. The van der Waals surface area contributed by atoms with Crippen molar-refractivity contribution in [1.29, 1.82) is 0 Å². The maximum atomic E-state index is 12.0. The number of nitrogens with two attached hydrogens (primary N) is 2. The molecule has 0 amide bonds. The topological polar surface area (TPSA) is 218 Å². The van der Waals surface area contributed by atoms with E-state index in [-0.39, 0.29) is 6.42 Å². The minimum absolute atomic E-state index is 0.219. The fourth-order valence-electron chi connectivity index (χ4n) is 1.87. The SMILES string of the molecule is N[C@H](C(=O)O)C(SC(=O)[C@@H](N)CCC(=O)O)C(CCC(=O)O)C(=O)O. The zero-order chi connectivity index (χ0) is 19.7. The van der Waals surface area contributed by atoms with E-state index < -0.39 is 71.5 Å². The Morgan fingerprint density at radius 3 is 1.68 bits per heavy atom. The molecule has 0 bridgehead atoms. The molecule has 25 heavy (non-hydrogen) atoms. The monoisotopic (exact) mass is 380 g/mol. The minimum Gasteiger partial charge on any atom is -0.481 e. The van der Waals surface area contributed by atoms with Gasteiger partial charge in [-0.25, -0.2) is 0 Å². The predicted octanol–water partition coefficient (Wildman–Crippen LogP) is -1.22. The lowest BCUT2D eigenvalue weighted by atomic mass is 9.94. The molecule has 8 N–H and O–H groups in total. The molecular formula is C13H20N2O9S. The molecule has 11 nitrogen and oxygen atoms in total. The zero-order valence-electron chi connectivity index (χ0n) is 13.0. The molecule has 12 heteroatoms. The van der Waals surface area contributed by atoms with Gasteiger partial charge in [0, 0.05) is 12.8 Å². The van der Waals surface area contributed by atoms with Gasteiger partial charge in [-0.15, -0.1) is 0 Å². The van der Waals surface area contributed by atoms with Gasteiger partial charge in [-0.05, 0) is 12.8 Å². The lowest BCUT2D eigenvalue weighted by molar-refractivity contribution is -0.144. The molecule has 0 saturated heterocycles. The number of hydrogen-bond donors (Lipinski definition) is 6. The van der Waals surface area contributed by atoms with E-state index in [9.17, 15) is 29.1 Å². The van der Waals surface area contributed by atoms with Gasteiger partial charge < -0.3 is 31.9 Å². The molecule has 4 atom stereocenters. The van der Waals surface area contributed by atoms with Crippen LogP contribution in [0.15, 0.2) is 0 Å². The first-order valence-electron chi connectivity index (χ1n) is 7.08. The van der Waals surface area contributed by atoms with Crippen molar-refractivity contribution in [3.05, 3.63) is 0 Å². The van der Waals surface area contributed by atoms with Gasteiger partial charge >= 0.3 is 23.9 Å². The van der Waals surface area contributed by atoms with E-state index in [0.717, 1.165) is 0 Å². The number of aliphatic carboxylic acids is 4. The molecule has 0 aliphatic heterocycles. The maximum Gasteiger partial charge on any atom is 0.321 e. The fraction of sp³-hybridized carbons (Fsp3) is 0.615. The molecule has 0 aromatic heterocycles. The second-order valence-electron chi connectivity index (χ2n) is 5.18. The molecule has 2 unspecified atom stereocenters. The molecule has 0 saturated carbocycles. The second kappa shape index (κ2) is 10.6. The third-order valence-corrected chi connectivity index (χ3v) is 4.68. The van der Waals surface area contributed by atoms with Crippen LogP contribution in [-0.4, -0.2) is 66.8 Å². The first-order chi connectivity index (χ1) is 11.5. The maximum absolute atomic E-state index is 12.0. The lowest BCUT2D eigenvalue weighted by Gasteiger charge is -2.26. The smallest absolute Gasteiger partial charge is 0.321 e. The average molecular weight is 380 g/mol. The van der Waals surface area contributed by atoms with Gasteiger partial charge in [0.15, 0.2) is 0 Å². The Labute approximate surface area is 146 Å². The highest BCUT2D eigenvalue weighted by molar-refractivity contribution is 8.14. The molecule has 0 rings (SSSR count). The van der Waals surface area contributed by atoms with E-state index in [1.165, 1.54) is 0 Å². The van der Waals surface area contributed by atoms with E-state index in [1.54, 1.807) is 0 Å². The molecule has 142 valence electrons. The fourth-order valence-corrected chi connectivity index (χ4v) is 3.11. The van der Waals surface area contributed by atoms with Crippen molar-refractivity contribution in [2.24, 2.45) is 17.4 Å².